The van der Waals surface area contributed by atoms with E-state index in [0.717, 1.165) is 89.9 Å². The van der Waals surface area contributed by atoms with E-state index in [0.29, 0.717) is 19.3 Å². The zero-order valence-electron chi connectivity index (χ0n) is 45.6. The molecule has 0 heterocycles. The van der Waals surface area contributed by atoms with Gasteiger partial charge in [-0.05, 0) is 77.0 Å². The standard InChI is InChI=1S/C63H110O6/c1-4-7-10-13-16-19-22-25-27-29-31-33-35-38-41-44-47-50-53-56-62(65)68-59-60(58-67-61(64)55-52-49-46-43-40-37-24-21-18-15-12-9-6-3)69-63(66)57-54-51-48-45-42-39-36-34-32-30-28-26-23-20-17-14-11-8-5-2/h7,10,16,19,25,27,31,33,37,40,46,49,60H,4-6,8-9,11-15,17-18,20-24,26,28-30,32,34-36,38-39,41-45,47-48,50-59H2,1-3H3/b10-7-,19-16-,27-25-,33-31-,40-37-,49-46-. The predicted octanol–water partition coefficient (Wildman–Crippen LogP) is 19.8. The van der Waals surface area contributed by atoms with Crippen LogP contribution in [-0.4, -0.2) is 37.2 Å². The van der Waals surface area contributed by atoms with Crippen molar-refractivity contribution in [2.75, 3.05) is 13.2 Å². The number of ether oxygens (including phenoxy) is 3. The lowest BCUT2D eigenvalue weighted by Crippen LogP contribution is -2.30. The molecule has 1 unspecified atom stereocenters. The van der Waals surface area contributed by atoms with E-state index in [1.807, 2.05) is 6.08 Å². The zero-order valence-corrected chi connectivity index (χ0v) is 45.6. The van der Waals surface area contributed by atoms with Crippen LogP contribution in [0, 0.1) is 0 Å². The van der Waals surface area contributed by atoms with Gasteiger partial charge in [-0.15, -0.1) is 0 Å². The molecule has 0 N–H and O–H groups in total. The van der Waals surface area contributed by atoms with E-state index >= 15 is 0 Å². The van der Waals surface area contributed by atoms with Gasteiger partial charge < -0.3 is 14.2 Å². The first kappa shape index (κ1) is 65.8. The van der Waals surface area contributed by atoms with Crippen LogP contribution in [0.4, 0.5) is 0 Å². The number of hydrogen-bond donors (Lipinski definition) is 0. The summed E-state index contributed by atoms with van der Waals surface area (Å²) in [7, 11) is 0. The number of esters is 3. The molecule has 398 valence electrons. The van der Waals surface area contributed by atoms with Crippen LogP contribution in [0.25, 0.3) is 0 Å². The summed E-state index contributed by atoms with van der Waals surface area (Å²) in [6, 6.07) is 0. The molecule has 0 aliphatic heterocycles. The molecule has 6 nitrogen and oxygen atoms in total. The van der Waals surface area contributed by atoms with Crippen molar-refractivity contribution in [3.63, 3.8) is 0 Å². The SMILES string of the molecule is CC/C=C\C/C=C\C/C=C\C/C=C\CCCCCCCCC(=O)OCC(COC(=O)CC/C=C\C/C=C\CCCCCCCC)OC(=O)CCCCCCCCCCCCCCCCCCCCC. The summed E-state index contributed by atoms with van der Waals surface area (Å²) in [6.45, 7) is 6.48. The number of hydrogen-bond acceptors (Lipinski definition) is 6. The van der Waals surface area contributed by atoms with Gasteiger partial charge in [0.15, 0.2) is 6.10 Å². The lowest BCUT2D eigenvalue weighted by atomic mass is 10.0. The molecule has 0 saturated carbocycles. The van der Waals surface area contributed by atoms with Crippen LogP contribution in [0.3, 0.4) is 0 Å². The van der Waals surface area contributed by atoms with Gasteiger partial charge in [-0.2, -0.15) is 0 Å². The minimum atomic E-state index is -0.803. The van der Waals surface area contributed by atoms with Gasteiger partial charge in [-0.1, -0.05) is 267 Å². The summed E-state index contributed by atoms with van der Waals surface area (Å²) in [4.78, 5) is 38.1. The predicted molar refractivity (Wildman–Crippen MR) is 298 cm³/mol. The Bertz CT molecular complexity index is 1290. The van der Waals surface area contributed by atoms with E-state index < -0.39 is 6.10 Å². The smallest absolute Gasteiger partial charge is 0.306 e. The van der Waals surface area contributed by atoms with E-state index in [2.05, 4.69) is 87.6 Å². The molecule has 0 saturated heterocycles. The number of carbonyl (C=O) groups is 3. The fraction of sp³-hybridized carbons (Fsp3) is 0.762. The maximum atomic E-state index is 12.9. The second kappa shape index (κ2) is 57.4. The molecule has 0 aliphatic carbocycles. The molecule has 0 amide bonds. The van der Waals surface area contributed by atoms with Crippen molar-refractivity contribution in [2.24, 2.45) is 0 Å². The molecule has 69 heavy (non-hydrogen) atoms. The molecule has 0 radical (unpaired) electrons. The molecule has 0 fully saturated rings. The molecule has 0 bridgehead atoms. The highest BCUT2D eigenvalue weighted by atomic mass is 16.6. The molecular weight excluding hydrogens is 853 g/mol. The summed E-state index contributed by atoms with van der Waals surface area (Å²) < 4.78 is 16.8. The van der Waals surface area contributed by atoms with Gasteiger partial charge in [-0.3, -0.25) is 14.4 Å². The van der Waals surface area contributed by atoms with Crippen LogP contribution in [0.2, 0.25) is 0 Å². The van der Waals surface area contributed by atoms with Crippen molar-refractivity contribution in [1.82, 2.24) is 0 Å². The molecule has 6 heteroatoms. The third-order valence-electron chi connectivity index (χ3n) is 12.7. The highest BCUT2D eigenvalue weighted by molar-refractivity contribution is 5.71. The maximum Gasteiger partial charge on any atom is 0.306 e. The normalized spacial score (nSPS) is 12.6. The van der Waals surface area contributed by atoms with Crippen LogP contribution >= 0.6 is 0 Å². The highest BCUT2D eigenvalue weighted by Gasteiger charge is 2.19. The van der Waals surface area contributed by atoms with Crippen molar-refractivity contribution in [3.8, 4) is 0 Å². The van der Waals surface area contributed by atoms with Gasteiger partial charge in [0.1, 0.15) is 13.2 Å². The monoisotopic (exact) mass is 963 g/mol. The van der Waals surface area contributed by atoms with Crippen molar-refractivity contribution in [2.45, 2.75) is 297 Å². The van der Waals surface area contributed by atoms with Crippen LogP contribution in [-0.2, 0) is 28.6 Å². The minimum absolute atomic E-state index is 0.0979. The highest BCUT2D eigenvalue weighted by Crippen LogP contribution is 2.16. The van der Waals surface area contributed by atoms with Gasteiger partial charge >= 0.3 is 17.9 Å². The quantitative estimate of drug-likeness (QED) is 0.0262. The largest absolute Gasteiger partial charge is 0.462 e. The summed E-state index contributed by atoms with van der Waals surface area (Å²) in [5.41, 5.74) is 0. The Labute approximate surface area is 427 Å². The molecule has 0 aromatic rings. The van der Waals surface area contributed by atoms with Crippen LogP contribution < -0.4 is 0 Å². The van der Waals surface area contributed by atoms with E-state index in [9.17, 15) is 14.4 Å². The average molecular weight is 964 g/mol. The maximum absolute atomic E-state index is 12.9. The first-order valence-electron chi connectivity index (χ1n) is 29.4. The summed E-state index contributed by atoms with van der Waals surface area (Å²) in [5, 5.41) is 0. The first-order valence-corrected chi connectivity index (χ1v) is 29.4. The Balaban J connectivity index is 4.40. The van der Waals surface area contributed by atoms with Crippen molar-refractivity contribution >= 4 is 17.9 Å². The van der Waals surface area contributed by atoms with Crippen molar-refractivity contribution in [3.05, 3.63) is 72.9 Å². The second-order valence-electron chi connectivity index (χ2n) is 19.5. The van der Waals surface area contributed by atoms with E-state index in [1.54, 1.807) is 0 Å². The Morgan fingerprint density at radius 1 is 0.304 bits per heavy atom. The van der Waals surface area contributed by atoms with Gasteiger partial charge in [0.2, 0.25) is 0 Å². The molecule has 0 aliphatic rings. The lowest BCUT2D eigenvalue weighted by molar-refractivity contribution is -0.166. The Morgan fingerprint density at radius 3 is 0.971 bits per heavy atom. The number of carbonyl (C=O) groups excluding carboxylic acids is 3. The van der Waals surface area contributed by atoms with Crippen LogP contribution in [0.15, 0.2) is 72.9 Å². The van der Waals surface area contributed by atoms with Crippen LogP contribution in [0.5, 0.6) is 0 Å². The molecule has 0 aromatic heterocycles. The summed E-state index contributed by atoms with van der Waals surface area (Å²) in [5.74, 6) is -0.969. The number of allylic oxidation sites excluding steroid dienone is 12. The molecule has 0 spiro atoms. The first-order chi connectivity index (χ1) is 34.0. The third-order valence-corrected chi connectivity index (χ3v) is 12.7. The molecule has 1 atom stereocenters. The molecular formula is C63H110O6. The van der Waals surface area contributed by atoms with E-state index in [4.69, 9.17) is 14.2 Å². The number of rotatable bonds is 53. The topological polar surface area (TPSA) is 78.9 Å². The lowest BCUT2D eigenvalue weighted by Gasteiger charge is -2.18. The average Bonchev–Trinajstić information content (AvgIpc) is 3.35. The fourth-order valence-corrected chi connectivity index (χ4v) is 8.31. The van der Waals surface area contributed by atoms with Gasteiger partial charge in [0, 0.05) is 19.3 Å². The van der Waals surface area contributed by atoms with Gasteiger partial charge in [-0.25, -0.2) is 0 Å². The van der Waals surface area contributed by atoms with E-state index in [1.165, 1.54) is 154 Å². The Hall–Kier alpha value is -3.15. The Kier molecular flexibility index (Phi) is 54.8. The van der Waals surface area contributed by atoms with Gasteiger partial charge in [0.05, 0.1) is 0 Å². The summed E-state index contributed by atoms with van der Waals surface area (Å²) >= 11 is 0. The van der Waals surface area contributed by atoms with Crippen molar-refractivity contribution in [1.29, 1.82) is 0 Å². The molecule has 0 aromatic carbocycles. The second-order valence-corrected chi connectivity index (χ2v) is 19.5. The van der Waals surface area contributed by atoms with Crippen LogP contribution in [0.1, 0.15) is 290 Å². The van der Waals surface area contributed by atoms with Crippen molar-refractivity contribution < 1.29 is 28.6 Å². The minimum Gasteiger partial charge on any atom is -0.462 e. The Morgan fingerprint density at radius 2 is 0.594 bits per heavy atom. The zero-order chi connectivity index (χ0) is 50.0. The molecule has 0 rings (SSSR count). The number of unbranched alkanes of at least 4 members (excludes halogenated alkanes) is 30. The summed E-state index contributed by atoms with van der Waals surface area (Å²) in [6.07, 6.45) is 73.4. The van der Waals surface area contributed by atoms with E-state index in [-0.39, 0.29) is 37.5 Å². The fourth-order valence-electron chi connectivity index (χ4n) is 8.31. The van der Waals surface area contributed by atoms with Gasteiger partial charge in [0.25, 0.3) is 0 Å². The third kappa shape index (κ3) is 55.6.